The molecule has 0 spiro atoms. The standard InChI is InChI=1S/C17H20N4O5/c1-24-14-8-11(5-6-13(14)26-10-15(18)22)9-20-17(23)21-12-4-3-7-19-16(12)25-2/h3-8H,9-10H2,1-2H3,(H2,18,22)(H2,20,21,23). The van der Waals surface area contributed by atoms with E-state index in [1.165, 1.54) is 14.2 Å². The average Bonchev–Trinajstić information content (AvgIpc) is 2.65. The van der Waals surface area contributed by atoms with E-state index in [1.807, 2.05) is 0 Å². The molecule has 1 heterocycles. The van der Waals surface area contributed by atoms with Crippen molar-refractivity contribution in [3.63, 3.8) is 0 Å². The molecule has 9 heteroatoms. The fraction of sp³-hybridized carbons (Fsp3) is 0.235. The Balaban J connectivity index is 1.96. The van der Waals surface area contributed by atoms with Crippen LogP contribution in [0.2, 0.25) is 0 Å². The van der Waals surface area contributed by atoms with E-state index in [0.29, 0.717) is 23.1 Å². The van der Waals surface area contributed by atoms with Gasteiger partial charge in [-0.1, -0.05) is 6.07 Å². The molecule has 0 bridgehead atoms. The molecule has 3 amide bonds. The van der Waals surface area contributed by atoms with Gasteiger partial charge in [-0.15, -0.1) is 0 Å². The van der Waals surface area contributed by atoms with Gasteiger partial charge in [0.1, 0.15) is 5.69 Å². The minimum absolute atomic E-state index is 0.247. The second kappa shape index (κ2) is 9.11. The largest absolute Gasteiger partial charge is 0.493 e. The van der Waals surface area contributed by atoms with Crippen LogP contribution in [0, 0.1) is 0 Å². The second-order valence-corrected chi connectivity index (χ2v) is 5.11. The number of primary amides is 1. The van der Waals surface area contributed by atoms with Crippen LogP contribution in [0.15, 0.2) is 36.5 Å². The summed E-state index contributed by atoms with van der Waals surface area (Å²) in [5, 5.41) is 5.38. The first kappa shape index (κ1) is 18.8. The van der Waals surface area contributed by atoms with Gasteiger partial charge in [0.2, 0.25) is 5.88 Å². The molecule has 138 valence electrons. The fourth-order valence-corrected chi connectivity index (χ4v) is 2.09. The molecule has 0 radical (unpaired) electrons. The summed E-state index contributed by atoms with van der Waals surface area (Å²) in [6.07, 6.45) is 1.57. The third kappa shape index (κ3) is 5.26. The zero-order valence-corrected chi connectivity index (χ0v) is 14.4. The Kier molecular flexibility index (Phi) is 6.60. The first-order valence-electron chi connectivity index (χ1n) is 7.65. The number of ether oxygens (including phenoxy) is 3. The summed E-state index contributed by atoms with van der Waals surface area (Å²) in [7, 11) is 2.95. The van der Waals surface area contributed by atoms with Crippen molar-refractivity contribution in [2.24, 2.45) is 5.73 Å². The average molecular weight is 360 g/mol. The van der Waals surface area contributed by atoms with Crippen LogP contribution in [0.25, 0.3) is 0 Å². The minimum atomic E-state index is -0.583. The number of rotatable bonds is 8. The van der Waals surface area contributed by atoms with Crippen molar-refractivity contribution in [2.75, 3.05) is 26.1 Å². The summed E-state index contributed by atoms with van der Waals surface area (Å²) in [5.41, 5.74) is 6.29. The minimum Gasteiger partial charge on any atom is -0.493 e. The summed E-state index contributed by atoms with van der Waals surface area (Å²) >= 11 is 0. The molecule has 4 N–H and O–H groups in total. The van der Waals surface area contributed by atoms with E-state index in [9.17, 15) is 9.59 Å². The van der Waals surface area contributed by atoms with Gasteiger partial charge < -0.3 is 30.6 Å². The van der Waals surface area contributed by atoms with Crippen molar-refractivity contribution in [3.05, 3.63) is 42.1 Å². The van der Waals surface area contributed by atoms with Gasteiger partial charge in [0.05, 0.1) is 14.2 Å². The number of pyridine rings is 1. The summed E-state index contributed by atoms with van der Waals surface area (Å²) in [6.45, 7) is 0.00414. The van der Waals surface area contributed by atoms with E-state index in [1.54, 1.807) is 36.5 Å². The Morgan fingerprint density at radius 2 is 1.96 bits per heavy atom. The van der Waals surface area contributed by atoms with Crippen molar-refractivity contribution in [1.29, 1.82) is 0 Å². The molecule has 0 aliphatic carbocycles. The number of carbonyl (C=O) groups excluding carboxylic acids is 2. The molecular weight excluding hydrogens is 340 g/mol. The van der Waals surface area contributed by atoms with Gasteiger partial charge >= 0.3 is 6.03 Å². The van der Waals surface area contributed by atoms with Crippen molar-refractivity contribution in [2.45, 2.75) is 6.54 Å². The topological polar surface area (TPSA) is 125 Å². The normalized spacial score (nSPS) is 9.92. The maximum absolute atomic E-state index is 12.0. The highest BCUT2D eigenvalue weighted by molar-refractivity contribution is 5.90. The number of anilines is 1. The van der Waals surface area contributed by atoms with E-state index in [0.717, 1.165) is 5.56 Å². The molecule has 2 aromatic rings. The van der Waals surface area contributed by atoms with E-state index in [4.69, 9.17) is 19.9 Å². The molecular formula is C17H20N4O5. The van der Waals surface area contributed by atoms with Crippen LogP contribution in [-0.4, -0.2) is 37.7 Å². The lowest BCUT2D eigenvalue weighted by Gasteiger charge is -2.12. The molecule has 26 heavy (non-hydrogen) atoms. The molecule has 0 saturated carbocycles. The maximum atomic E-state index is 12.0. The van der Waals surface area contributed by atoms with Crippen molar-refractivity contribution in [1.82, 2.24) is 10.3 Å². The van der Waals surface area contributed by atoms with E-state index < -0.39 is 11.9 Å². The highest BCUT2D eigenvalue weighted by Crippen LogP contribution is 2.28. The highest BCUT2D eigenvalue weighted by atomic mass is 16.5. The number of nitrogens with zero attached hydrogens (tertiary/aromatic N) is 1. The second-order valence-electron chi connectivity index (χ2n) is 5.11. The van der Waals surface area contributed by atoms with Crippen molar-refractivity contribution in [3.8, 4) is 17.4 Å². The van der Waals surface area contributed by atoms with Crippen molar-refractivity contribution >= 4 is 17.6 Å². The number of hydrogen-bond acceptors (Lipinski definition) is 6. The van der Waals surface area contributed by atoms with Gasteiger partial charge in [0.25, 0.3) is 5.91 Å². The number of benzene rings is 1. The number of urea groups is 1. The Morgan fingerprint density at radius 1 is 1.15 bits per heavy atom. The SMILES string of the molecule is COc1cc(CNC(=O)Nc2cccnc2OC)ccc1OCC(N)=O. The zero-order valence-electron chi connectivity index (χ0n) is 14.4. The van der Waals surface area contributed by atoms with Crippen LogP contribution in [0.5, 0.6) is 17.4 Å². The summed E-state index contributed by atoms with van der Waals surface area (Å²) in [6, 6.07) is 8.03. The van der Waals surface area contributed by atoms with Crippen LogP contribution in [0.3, 0.4) is 0 Å². The maximum Gasteiger partial charge on any atom is 0.319 e. The summed E-state index contributed by atoms with van der Waals surface area (Å²) in [5.74, 6) is 0.556. The number of nitrogens with two attached hydrogens (primary N) is 1. The van der Waals surface area contributed by atoms with Crippen molar-refractivity contribution < 1.29 is 23.8 Å². The highest BCUT2D eigenvalue weighted by Gasteiger charge is 2.10. The van der Waals surface area contributed by atoms with Crippen LogP contribution in [0.4, 0.5) is 10.5 Å². The molecule has 0 atom stereocenters. The van der Waals surface area contributed by atoms with Gasteiger partial charge in [-0.05, 0) is 29.8 Å². The van der Waals surface area contributed by atoms with Gasteiger partial charge in [0, 0.05) is 12.7 Å². The monoisotopic (exact) mass is 360 g/mol. The molecule has 0 fully saturated rings. The van der Waals surface area contributed by atoms with Gasteiger partial charge in [0.15, 0.2) is 18.1 Å². The predicted molar refractivity (Wildman–Crippen MR) is 94.3 cm³/mol. The number of methoxy groups -OCH3 is 2. The smallest absolute Gasteiger partial charge is 0.319 e. The first-order valence-corrected chi connectivity index (χ1v) is 7.65. The quantitative estimate of drug-likeness (QED) is 0.651. The van der Waals surface area contributed by atoms with Gasteiger partial charge in [-0.25, -0.2) is 9.78 Å². The Hall–Kier alpha value is -3.49. The number of aromatic nitrogens is 1. The Labute approximate surface area is 150 Å². The lowest BCUT2D eigenvalue weighted by molar-refractivity contribution is -0.119. The molecule has 2 rings (SSSR count). The third-order valence-corrected chi connectivity index (χ3v) is 3.26. The van der Waals surface area contributed by atoms with Crippen LogP contribution in [0.1, 0.15) is 5.56 Å². The summed E-state index contributed by atoms with van der Waals surface area (Å²) < 4.78 is 15.6. The summed E-state index contributed by atoms with van der Waals surface area (Å²) in [4.78, 5) is 26.8. The van der Waals surface area contributed by atoms with E-state index >= 15 is 0 Å². The zero-order chi connectivity index (χ0) is 18.9. The number of hydrogen-bond donors (Lipinski definition) is 3. The molecule has 1 aromatic heterocycles. The molecule has 1 aromatic carbocycles. The molecule has 0 saturated heterocycles. The van der Waals surface area contributed by atoms with Crippen LogP contribution < -0.4 is 30.6 Å². The van der Waals surface area contributed by atoms with Crippen LogP contribution in [-0.2, 0) is 11.3 Å². The van der Waals surface area contributed by atoms with E-state index in [2.05, 4.69) is 15.6 Å². The Bertz CT molecular complexity index is 781. The molecule has 0 aliphatic heterocycles. The first-order chi connectivity index (χ1) is 12.5. The molecule has 0 unspecified atom stereocenters. The molecule has 0 aliphatic rings. The lowest BCUT2D eigenvalue weighted by atomic mass is 10.2. The molecule has 9 nitrogen and oxygen atoms in total. The Morgan fingerprint density at radius 3 is 2.65 bits per heavy atom. The number of carbonyl (C=O) groups is 2. The fourth-order valence-electron chi connectivity index (χ4n) is 2.09. The van der Waals surface area contributed by atoms with Crippen LogP contribution >= 0.6 is 0 Å². The van der Waals surface area contributed by atoms with Gasteiger partial charge in [-0.2, -0.15) is 0 Å². The lowest BCUT2D eigenvalue weighted by Crippen LogP contribution is -2.28. The third-order valence-electron chi connectivity index (χ3n) is 3.26. The van der Waals surface area contributed by atoms with Gasteiger partial charge in [-0.3, -0.25) is 4.79 Å². The number of amides is 3. The predicted octanol–water partition coefficient (Wildman–Crippen LogP) is 1.28. The number of nitrogens with one attached hydrogen (secondary N) is 2. The van der Waals surface area contributed by atoms with E-state index in [-0.39, 0.29) is 13.2 Å².